The maximum Gasteiger partial charge on any atom is 0.138 e. The van der Waals surface area contributed by atoms with Crippen molar-refractivity contribution >= 4 is 17.3 Å². The Bertz CT molecular complexity index is 1930. The van der Waals surface area contributed by atoms with Gasteiger partial charge in [0.2, 0.25) is 0 Å². The standard InChI is InChI=1S/C35H32ClFN6O3/c36-31-19-27(7-10-35(31)45-23-24-3-1-4-26(37)17-24)43-22-33(39-40-43)30-9-6-25(18-32(30)38)34-11-8-29(46-34)21-42-14-12-41(13-15-42)20-28-5-2-16-44-28/h1-11,16-19,22H,12-15,20-21,23,38H2. The molecule has 0 radical (unpaired) electrons. The van der Waals surface area contributed by atoms with E-state index in [4.69, 9.17) is 30.9 Å². The van der Waals surface area contributed by atoms with Gasteiger partial charge in [-0.05, 0) is 72.3 Å². The SMILES string of the molecule is Nc1cc(-c2ccc(CN3CCN(Cc4ccco4)CC3)o2)ccc1-c1cn(-c2ccc(OCc3cccc(F)c3)c(Cl)c2)nn1. The molecule has 3 aromatic heterocycles. The summed E-state index contributed by atoms with van der Waals surface area (Å²) in [5.41, 5.74) is 10.8. The molecule has 1 fully saturated rings. The average Bonchev–Trinajstić information content (AvgIpc) is 3.85. The first-order valence-electron chi connectivity index (χ1n) is 15.0. The fourth-order valence-corrected chi connectivity index (χ4v) is 5.80. The quantitative estimate of drug-likeness (QED) is 0.159. The number of nitrogen functional groups attached to an aromatic ring is 1. The lowest BCUT2D eigenvalue weighted by atomic mass is 10.1. The minimum atomic E-state index is -0.312. The highest BCUT2D eigenvalue weighted by molar-refractivity contribution is 6.32. The van der Waals surface area contributed by atoms with Crippen LogP contribution in [0.3, 0.4) is 0 Å². The van der Waals surface area contributed by atoms with Crippen molar-refractivity contribution in [2.45, 2.75) is 19.7 Å². The van der Waals surface area contributed by atoms with E-state index in [0.29, 0.717) is 33.4 Å². The van der Waals surface area contributed by atoms with Gasteiger partial charge in [0, 0.05) is 43.0 Å². The van der Waals surface area contributed by atoms with Crippen molar-refractivity contribution in [1.29, 1.82) is 0 Å². The number of rotatable bonds is 10. The second-order valence-corrected chi connectivity index (χ2v) is 11.7. The number of halogens is 2. The lowest BCUT2D eigenvalue weighted by Crippen LogP contribution is -2.45. The van der Waals surface area contributed by atoms with Crippen molar-refractivity contribution in [2.75, 3.05) is 31.9 Å². The van der Waals surface area contributed by atoms with E-state index in [1.807, 2.05) is 48.5 Å². The van der Waals surface area contributed by atoms with Gasteiger partial charge in [-0.25, -0.2) is 9.07 Å². The smallest absolute Gasteiger partial charge is 0.138 e. The number of ether oxygens (including phenoxy) is 1. The van der Waals surface area contributed by atoms with Crippen LogP contribution in [0, 0.1) is 5.82 Å². The van der Waals surface area contributed by atoms with E-state index in [2.05, 4.69) is 20.1 Å². The summed E-state index contributed by atoms with van der Waals surface area (Å²) in [6.45, 7) is 5.72. The van der Waals surface area contributed by atoms with Gasteiger partial charge in [0.05, 0.1) is 36.3 Å². The Morgan fingerprint density at radius 2 is 1.70 bits per heavy atom. The first-order valence-corrected chi connectivity index (χ1v) is 15.4. The van der Waals surface area contributed by atoms with Crippen molar-refractivity contribution < 1.29 is 18.0 Å². The van der Waals surface area contributed by atoms with Crippen LogP contribution in [-0.4, -0.2) is 51.0 Å². The van der Waals surface area contributed by atoms with E-state index in [1.165, 1.54) is 12.1 Å². The highest BCUT2D eigenvalue weighted by atomic mass is 35.5. The highest BCUT2D eigenvalue weighted by Gasteiger charge is 2.19. The van der Waals surface area contributed by atoms with Crippen LogP contribution >= 0.6 is 11.6 Å². The summed E-state index contributed by atoms with van der Waals surface area (Å²) in [5.74, 6) is 2.86. The largest absolute Gasteiger partial charge is 0.487 e. The lowest BCUT2D eigenvalue weighted by molar-refractivity contribution is 0.110. The molecule has 0 unspecified atom stereocenters. The van der Waals surface area contributed by atoms with E-state index in [0.717, 1.165) is 67.7 Å². The zero-order valence-corrected chi connectivity index (χ0v) is 25.7. The molecule has 234 valence electrons. The molecule has 46 heavy (non-hydrogen) atoms. The van der Waals surface area contributed by atoms with Crippen molar-refractivity contribution in [3.05, 3.63) is 125 Å². The van der Waals surface area contributed by atoms with E-state index >= 15 is 0 Å². The monoisotopic (exact) mass is 638 g/mol. The summed E-state index contributed by atoms with van der Waals surface area (Å²) in [4.78, 5) is 4.81. The maximum absolute atomic E-state index is 13.5. The predicted molar refractivity (Wildman–Crippen MR) is 174 cm³/mol. The number of nitrogens with zero attached hydrogens (tertiary/aromatic N) is 5. The second kappa shape index (κ2) is 13.2. The number of piperazine rings is 1. The van der Waals surface area contributed by atoms with Gasteiger partial charge in [0.1, 0.15) is 41.1 Å². The predicted octanol–water partition coefficient (Wildman–Crippen LogP) is 7.06. The third-order valence-electron chi connectivity index (χ3n) is 8.03. The van der Waals surface area contributed by atoms with Crippen molar-refractivity contribution in [3.63, 3.8) is 0 Å². The molecule has 0 amide bonds. The molecule has 0 saturated carbocycles. The number of nitrogens with two attached hydrogens (primary N) is 1. The summed E-state index contributed by atoms with van der Waals surface area (Å²) in [7, 11) is 0. The molecule has 0 atom stereocenters. The van der Waals surface area contributed by atoms with Crippen LogP contribution in [0.4, 0.5) is 10.1 Å². The van der Waals surface area contributed by atoms with Gasteiger partial charge in [-0.2, -0.15) is 0 Å². The van der Waals surface area contributed by atoms with E-state index < -0.39 is 0 Å². The molecule has 1 aliphatic heterocycles. The van der Waals surface area contributed by atoms with Crippen LogP contribution < -0.4 is 10.5 Å². The molecular weight excluding hydrogens is 607 g/mol. The number of hydrogen-bond acceptors (Lipinski definition) is 8. The molecule has 9 nitrogen and oxygen atoms in total. The van der Waals surface area contributed by atoms with Crippen molar-refractivity contribution in [2.24, 2.45) is 0 Å². The van der Waals surface area contributed by atoms with Gasteiger partial charge in [0.25, 0.3) is 0 Å². The molecule has 3 aromatic carbocycles. The van der Waals surface area contributed by atoms with E-state index in [1.54, 1.807) is 41.4 Å². The number of benzene rings is 3. The molecule has 11 heteroatoms. The lowest BCUT2D eigenvalue weighted by Gasteiger charge is -2.33. The molecular formula is C35H32ClFN6O3. The highest BCUT2D eigenvalue weighted by Crippen LogP contribution is 2.32. The van der Waals surface area contributed by atoms with Gasteiger partial charge < -0.3 is 19.3 Å². The summed E-state index contributed by atoms with van der Waals surface area (Å²) >= 11 is 6.49. The minimum Gasteiger partial charge on any atom is -0.487 e. The van der Waals surface area contributed by atoms with Gasteiger partial charge in [-0.15, -0.1) is 5.10 Å². The molecule has 1 saturated heterocycles. The van der Waals surface area contributed by atoms with Gasteiger partial charge in [0.15, 0.2) is 0 Å². The third kappa shape index (κ3) is 6.84. The number of anilines is 1. The zero-order chi connectivity index (χ0) is 31.5. The topological polar surface area (TPSA) is 98.7 Å². The van der Waals surface area contributed by atoms with Crippen LogP contribution in [0.15, 0.2) is 106 Å². The van der Waals surface area contributed by atoms with Crippen LogP contribution in [0.5, 0.6) is 5.75 Å². The summed E-state index contributed by atoms with van der Waals surface area (Å²) < 4.78 is 32.6. The normalized spacial score (nSPS) is 14.1. The van der Waals surface area contributed by atoms with Crippen LogP contribution in [-0.2, 0) is 19.7 Å². The minimum absolute atomic E-state index is 0.198. The Hall–Kier alpha value is -4.90. The molecule has 0 spiro atoms. The molecule has 7 rings (SSSR count). The van der Waals surface area contributed by atoms with Crippen LogP contribution in [0.1, 0.15) is 17.1 Å². The summed E-state index contributed by atoms with van der Waals surface area (Å²) in [6.07, 6.45) is 3.52. The average molecular weight is 639 g/mol. The Kier molecular flexibility index (Phi) is 8.56. The molecule has 2 N–H and O–H groups in total. The summed E-state index contributed by atoms with van der Waals surface area (Å²) in [6, 6.07) is 25.3. The van der Waals surface area contributed by atoms with Crippen molar-refractivity contribution in [1.82, 2.24) is 24.8 Å². The van der Waals surface area contributed by atoms with Gasteiger partial charge in [-0.1, -0.05) is 35.0 Å². The van der Waals surface area contributed by atoms with Gasteiger partial charge in [-0.3, -0.25) is 9.80 Å². The molecule has 4 heterocycles. The Morgan fingerprint density at radius 3 is 2.43 bits per heavy atom. The Morgan fingerprint density at radius 1 is 0.870 bits per heavy atom. The number of furan rings is 2. The number of aromatic nitrogens is 3. The van der Waals surface area contributed by atoms with Crippen LogP contribution in [0.25, 0.3) is 28.3 Å². The van der Waals surface area contributed by atoms with Crippen molar-refractivity contribution in [3.8, 4) is 34.0 Å². The third-order valence-corrected chi connectivity index (χ3v) is 8.33. The Labute approximate surface area is 270 Å². The van der Waals surface area contributed by atoms with E-state index in [9.17, 15) is 4.39 Å². The van der Waals surface area contributed by atoms with Crippen LogP contribution in [0.2, 0.25) is 5.02 Å². The molecule has 6 aromatic rings. The second-order valence-electron chi connectivity index (χ2n) is 11.3. The molecule has 0 aliphatic carbocycles. The first kappa shape index (κ1) is 29.8. The molecule has 1 aliphatic rings. The van der Waals surface area contributed by atoms with Gasteiger partial charge >= 0.3 is 0 Å². The fourth-order valence-electron chi connectivity index (χ4n) is 5.57. The zero-order valence-electron chi connectivity index (χ0n) is 25.0. The molecule has 0 bridgehead atoms. The Balaban J connectivity index is 0.969. The fraction of sp³-hybridized carbons (Fsp3) is 0.200. The first-order chi connectivity index (χ1) is 22.5. The number of hydrogen-bond donors (Lipinski definition) is 1. The van der Waals surface area contributed by atoms with E-state index in [-0.39, 0.29) is 12.4 Å². The maximum atomic E-state index is 13.5. The summed E-state index contributed by atoms with van der Waals surface area (Å²) in [5, 5.41) is 9.03.